The standard InChI is InChI=1S/C17H23N3OS/c1-2-5-13(6-3-1)11-20-9-8-14(12-20)17-18-16(19-21-17)15-7-4-10-22-15/h4,7,10,13-14H,1-3,5-6,8-9,11-12H2/t14-/m1/s1. The fraction of sp³-hybridized carbons (Fsp3) is 0.647. The molecule has 5 heteroatoms. The van der Waals surface area contributed by atoms with E-state index in [-0.39, 0.29) is 0 Å². The lowest BCUT2D eigenvalue weighted by molar-refractivity contribution is 0.229. The predicted octanol–water partition coefficient (Wildman–Crippen LogP) is 4.17. The van der Waals surface area contributed by atoms with Gasteiger partial charge in [-0.3, -0.25) is 0 Å². The Labute approximate surface area is 135 Å². The van der Waals surface area contributed by atoms with Crippen molar-refractivity contribution >= 4 is 11.3 Å². The van der Waals surface area contributed by atoms with Crippen molar-refractivity contribution in [2.75, 3.05) is 19.6 Å². The molecular weight excluding hydrogens is 294 g/mol. The van der Waals surface area contributed by atoms with Gasteiger partial charge in [0, 0.05) is 13.1 Å². The first-order valence-electron chi connectivity index (χ1n) is 8.48. The van der Waals surface area contributed by atoms with Crippen molar-refractivity contribution in [2.45, 2.75) is 44.4 Å². The highest BCUT2D eigenvalue weighted by atomic mass is 32.1. The zero-order valence-corrected chi connectivity index (χ0v) is 13.7. The molecule has 0 bridgehead atoms. The van der Waals surface area contributed by atoms with Crippen LogP contribution in [0.1, 0.15) is 50.3 Å². The molecule has 22 heavy (non-hydrogen) atoms. The van der Waals surface area contributed by atoms with Gasteiger partial charge in [0.05, 0.1) is 10.8 Å². The number of aromatic nitrogens is 2. The van der Waals surface area contributed by atoms with E-state index < -0.39 is 0 Å². The fourth-order valence-corrected chi connectivity index (χ4v) is 4.49. The summed E-state index contributed by atoms with van der Waals surface area (Å²) in [6.45, 7) is 3.53. The van der Waals surface area contributed by atoms with Gasteiger partial charge in [-0.05, 0) is 43.2 Å². The molecule has 0 aromatic carbocycles. The van der Waals surface area contributed by atoms with Crippen LogP contribution >= 0.6 is 11.3 Å². The van der Waals surface area contributed by atoms with Gasteiger partial charge in [-0.1, -0.05) is 30.5 Å². The number of likely N-dealkylation sites (tertiary alicyclic amines) is 1. The normalized spacial score (nSPS) is 24.1. The van der Waals surface area contributed by atoms with Crippen LogP contribution in [-0.2, 0) is 0 Å². The molecule has 1 aliphatic heterocycles. The summed E-state index contributed by atoms with van der Waals surface area (Å²) in [5.41, 5.74) is 0. The smallest absolute Gasteiger partial charge is 0.231 e. The van der Waals surface area contributed by atoms with E-state index in [1.54, 1.807) is 11.3 Å². The van der Waals surface area contributed by atoms with Crippen molar-refractivity contribution in [1.82, 2.24) is 15.0 Å². The van der Waals surface area contributed by atoms with Crippen molar-refractivity contribution < 1.29 is 4.52 Å². The Kier molecular flexibility index (Phi) is 4.26. The lowest BCUT2D eigenvalue weighted by Gasteiger charge is -2.26. The largest absolute Gasteiger partial charge is 0.339 e. The van der Waals surface area contributed by atoms with E-state index >= 15 is 0 Å². The van der Waals surface area contributed by atoms with Crippen LogP contribution in [0.4, 0.5) is 0 Å². The highest BCUT2D eigenvalue weighted by molar-refractivity contribution is 7.13. The lowest BCUT2D eigenvalue weighted by atomic mass is 9.89. The van der Waals surface area contributed by atoms with E-state index in [2.05, 4.69) is 15.0 Å². The van der Waals surface area contributed by atoms with Gasteiger partial charge in [-0.15, -0.1) is 11.3 Å². The van der Waals surface area contributed by atoms with Crippen LogP contribution in [0.3, 0.4) is 0 Å². The topological polar surface area (TPSA) is 42.2 Å². The van der Waals surface area contributed by atoms with Crippen molar-refractivity contribution in [3.8, 4) is 10.7 Å². The predicted molar refractivity (Wildman–Crippen MR) is 88.0 cm³/mol. The molecule has 2 fully saturated rings. The second kappa shape index (κ2) is 6.50. The van der Waals surface area contributed by atoms with E-state index in [0.29, 0.717) is 5.92 Å². The minimum absolute atomic E-state index is 0.421. The highest BCUT2D eigenvalue weighted by Crippen LogP contribution is 2.31. The van der Waals surface area contributed by atoms with Gasteiger partial charge in [0.25, 0.3) is 0 Å². The van der Waals surface area contributed by atoms with E-state index in [1.807, 2.05) is 17.5 Å². The summed E-state index contributed by atoms with van der Waals surface area (Å²) in [6.07, 6.45) is 8.28. The monoisotopic (exact) mass is 317 g/mol. The molecule has 1 saturated heterocycles. The molecule has 1 aliphatic carbocycles. The summed E-state index contributed by atoms with van der Waals surface area (Å²) in [5, 5.41) is 6.20. The molecule has 0 unspecified atom stereocenters. The van der Waals surface area contributed by atoms with E-state index in [4.69, 9.17) is 4.52 Å². The fourth-order valence-electron chi connectivity index (χ4n) is 3.84. The SMILES string of the molecule is c1csc(-c2noc([C@@H]3CCN(CC4CCCCC4)C3)n2)c1. The molecule has 1 atom stereocenters. The van der Waals surface area contributed by atoms with Crippen molar-refractivity contribution in [2.24, 2.45) is 5.92 Å². The summed E-state index contributed by atoms with van der Waals surface area (Å²) < 4.78 is 5.53. The summed E-state index contributed by atoms with van der Waals surface area (Å²) in [6, 6.07) is 4.07. The average molecular weight is 317 g/mol. The quantitative estimate of drug-likeness (QED) is 0.849. The molecule has 4 nitrogen and oxygen atoms in total. The van der Waals surface area contributed by atoms with Gasteiger partial charge in [0.1, 0.15) is 0 Å². The number of hydrogen-bond donors (Lipinski definition) is 0. The maximum Gasteiger partial charge on any atom is 0.231 e. The second-order valence-electron chi connectivity index (χ2n) is 6.68. The summed E-state index contributed by atoms with van der Waals surface area (Å²) in [5.74, 6) is 2.91. The molecule has 2 aliphatic rings. The average Bonchev–Trinajstić information content (AvgIpc) is 3.29. The Morgan fingerprint density at radius 1 is 1.23 bits per heavy atom. The van der Waals surface area contributed by atoms with Gasteiger partial charge in [0.15, 0.2) is 0 Å². The zero-order chi connectivity index (χ0) is 14.8. The molecule has 0 spiro atoms. The summed E-state index contributed by atoms with van der Waals surface area (Å²) in [7, 11) is 0. The Hall–Kier alpha value is -1.20. The van der Waals surface area contributed by atoms with Gasteiger partial charge in [-0.25, -0.2) is 0 Å². The van der Waals surface area contributed by atoms with Crippen molar-refractivity contribution in [1.29, 1.82) is 0 Å². The van der Waals surface area contributed by atoms with Crippen LogP contribution in [0.2, 0.25) is 0 Å². The number of nitrogens with zero attached hydrogens (tertiary/aromatic N) is 3. The van der Waals surface area contributed by atoms with Crippen molar-refractivity contribution in [3.63, 3.8) is 0 Å². The first-order chi connectivity index (χ1) is 10.9. The highest BCUT2D eigenvalue weighted by Gasteiger charge is 2.30. The Morgan fingerprint density at radius 3 is 2.95 bits per heavy atom. The van der Waals surface area contributed by atoms with E-state index in [0.717, 1.165) is 35.5 Å². The zero-order valence-electron chi connectivity index (χ0n) is 12.9. The van der Waals surface area contributed by atoms with Crippen LogP contribution in [0.15, 0.2) is 22.0 Å². The van der Waals surface area contributed by atoms with Gasteiger partial charge >= 0.3 is 0 Å². The number of rotatable bonds is 4. The molecular formula is C17H23N3OS. The van der Waals surface area contributed by atoms with Crippen LogP contribution < -0.4 is 0 Å². The third-order valence-electron chi connectivity index (χ3n) is 5.05. The van der Waals surface area contributed by atoms with E-state index in [9.17, 15) is 0 Å². The molecule has 2 aromatic rings. The molecule has 0 N–H and O–H groups in total. The molecule has 1 saturated carbocycles. The minimum atomic E-state index is 0.421. The van der Waals surface area contributed by atoms with Crippen LogP contribution in [0, 0.1) is 5.92 Å². The minimum Gasteiger partial charge on any atom is -0.339 e. The molecule has 0 radical (unpaired) electrons. The molecule has 2 aromatic heterocycles. The van der Waals surface area contributed by atoms with Gasteiger partial charge in [-0.2, -0.15) is 4.98 Å². The third kappa shape index (κ3) is 3.10. The third-order valence-corrected chi connectivity index (χ3v) is 5.91. The summed E-state index contributed by atoms with van der Waals surface area (Å²) in [4.78, 5) is 8.32. The molecule has 4 rings (SSSR count). The first kappa shape index (κ1) is 14.4. The summed E-state index contributed by atoms with van der Waals surface area (Å²) >= 11 is 1.66. The molecule has 0 amide bonds. The Balaban J connectivity index is 1.36. The maximum atomic E-state index is 5.53. The lowest BCUT2D eigenvalue weighted by Crippen LogP contribution is -2.28. The Bertz CT molecular complexity index is 589. The van der Waals surface area contributed by atoms with Crippen LogP contribution in [0.25, 0.3) is 10.7 Å². The molecule has 118 valence electrons. The van der Waals surface area contributed by atoms with Gasteiger partial charge in [0.2, 0.25) is 11.7 Å². The second-order valence-corrected chi connectivity index (χ2v) is 7.63. The first-order valence-corrected chi connectivity index (χ1v) is 9.36. The Morgan fingerprint density at radius 2 is 2.14 bits per heavy atom. The number of thiophene rings is 1. The van der Waals surface area contributed by atoms with Crippen LogP contribution in [-0.4, -0.2) is 34.7 Å². The maximum absolute atomic E-state index is 5.53. The number of hydrogen-bond acceptors (Lipinski definition) is 5. The van der Waals surface area contributed by atoms with Crippen LogP contribution in [0.5, 0.6) is 0 Å². The van der Waals surface area contributed by atoms with E-state index in [1.165, 1.54) is 45.2 Å². The molecule has 3 heterocycles. The van der Waals surface area contributed by atoms with Gasteiger partial charge < -0.3 is 9.42 Å². The van der Waals surface area contributed by atoms with Crippen molar-refractivity contribution in [3.05, 3.63) is 23.4 Å².